The van der Waals surface area contributed by atoms with E-state index in [0.717, 1.165) is 52.9 Å². The fourth-order valence-corrected chi connectivity index (χ4v) is 7.64. The first-order valence-corrected chi connectivity index (χ1v) is 16.9. The maximum atomic E-state index is 14.3. The highest BCUT2D eigenvalue weighted by Crippen LogP contribution is 2.42. The first-order chi connectivity index (χ1) is 21.7. The van der Waals surface area contributed by atoms with Crippen molar-refractivity contribution in [2.24, 2.45) is 11.3 Å². The van der Waals surface area contributed by atoms with Crippen LogP contribution in [0, 0.1) is 11.3 Å². The number of benzene rings is 2. The van der Waals surface area contributed by atoms with Crippen molar-refractivity contribution >= 4 is 23.5 Å². The number of ether oxygens (including phenoxy) is 1. The first kappa shape index (κ1) is 33.9. The standard InChI is InChI=1S/C37H52N4O5/c1-7-8-16-40(29-11-9-10-26(19-29)24-41(4,5)6)34(43)23-39-22-30(27-12-13-32-28(20-27)15-18-46-32)35(36(44)45)31(39)14-17-38-25-37(2,3)21-33(38)42/h9-13,19-20,30-31,35H,7-8,14-18,21-25H2,1-6H3/p+1/t30-,31+,35?/m1/s1. The molecule has 2 saturated heterocycles. The molecule has 5 rings (SSSR count). The number of carbonyl (C=O) groups is 3. The highest BCUT2D eigenvalue weighted by atomic mass is 16.5. The van der Waals surface area contributed by atoms with E-state index >= 15 is 0 Å². The van der Waals surface area contributed by atoms with Crippen molar-refractivity contribution < 1.29 is 28.7 Å². The predicted octanol–water partition coefficient (Wildman–Crippen LogP) is 4.78. The molecule has 2 fully saturated rings. The molecule has 0 saturated carbocycles. The normalized spacial score (nSPS) is 22.6. The molecule has 0 bridgehead atoms. The van der Waals surface area contributed by atoms with Gasteiger partial charge in [-0.25, -0.2) is 0 Å². The van der Waals surface area contributed by atoms with Gasteiger partial charge in [0.25, 0.3) is 0 Å². The van der Waals surface area contributed by atoms with E-state index < -0.39 is 11.9 Å². The van der Waals surface area contributed by atoms with E-state index in [1.807, 2.05) is 34.1 Å². The van der Waals surface area contributed by atoms with Crippen molar-refractivity contribution in [2.45, 2.75) is 71.4 Å². The van der Waals surface area contributed by atoms with E-state index in [1.54, 1.807) is 0 Å². The number of quaternary nitrogens is 1. The van der Waals surface area contributed by atoms with E-state index in [1.165, 1.54) is 5.56 Å². The minimum absolute atomic E-state index is 0.0219. The molecule has 0 aromatic heterocycles. The third-order valence-corrected chi connectivity index (χ3v) is 9.73. The maximum Gasteiger partial charge on any atom is 0.308 e. The zero-order valence-electron chi connectivity index (χ0n) is 28.6. The second kappa shape index (κ2) is 13.7. The van der Waals surface area contributed by atoms with Crippen LogP contribution >= 0.6 is 0 Å². The van der Waals surface area contributed by atoms with E-state index in [0.29, 0.717) is 45.6 Å². The van der Waals surface area contributed by atoms with Gasteiger partial charge >= 0.3 is 5.97 Å². The van der Waals surface area contributed by atoms with Crippen LogP contribution in [-0.4, -0.2) is 104 Å². The summed E-state index contributed by atoms with van der Waals surface area (Å²) in [5, 5.41) is 10.7. The molecular weight excluding hydrogens is 580 g/mol. The summed E-state index contributed by atoms with van der Waals surface area (Å²) in [5.41, 5.74) is 4.05. The van der Waals surface area contributed by atoms with Crippen molar-refractivity contribution in [1.29, 1.82) is 0 Å². The summed E-state index contributed by atoms with van der Waals surface area (Å²) in [4.78, 5) is 46.0. The Labute approximate surface area is 274 Å². The zero-order valence-corrected chi connectivity index (χ0v) is 28.6. The molecule has 9 nitrogen and oxygen atoms in total. The first-order valence-electron chi connectivity index (χ1n) is 16.9. The molecule has 0 spiro atoms. The van der Waals surface area contributed by atoms with Crippen molar-refractivity contribution in [2.75, 3.05) is 65.4 Å². The molecular formula is C37H53N4O5+. The van der Waals surface area contributed by atoms with Gasteiger partial charge in [0.05, 0.1) is 40.2 Å². The molecule has 3 aliphatic rings. The number of amides is 2. The van der Waals surface area contributed by atoms with Crippen molar-refractivity contribution in [3.8, 4) is 5.75 Å². The number of likely N-dealkylation sites (tertiary alicyclic amines) is 2. The summed E-state index contributed by atoms with van der Waals surface area (Å²) in [5.74, 6) is -0.865. The lowest BCUT2D eigenvalue weighted by Crippen LogP contribution is -2.45. The second-order valence-electron chi connectivity index (χ2n) is 15.4. The number of carboxylic acids is 1. The van der Waals surface area contributed by atoms with Crippen LogP contribution in [0.1, 0.15) is 69.1 Å². The van der Waals surface area contributed by atoms with Crippen LogP contribution in [0.2, 0.25) is 0 Å². The number of hydrogen-bond acceptors (Lipinski definition) is 5. The van der Waals surface area contributed by atoms with Gasteiger partial charge in [-0.3, -0.25) is 19.3 Å². The van der Waals surface area contributed by atoms with Gasteiger partial charge in [0.1, 0.15) is 12.3 Å². The van der Waals surface area contributed by atoms with Crippen molar-refractivity contribution in [1.82, 2.24) is 9.80 Å². The van der Waals surface area contributed by atoms with Gasteiger partial charge in [-0.05, 0) is 47.6 Å². The summed E-state index contributed by atoms with van der Waals surface area (Å²) in [6, 6.07) is 13.9. The Hall–Kier alpha value is -3.43. The Bertz CT molecular complexity index is 1430. The van der Waals surface area contributed by atoms with Crippen LogP contribution in [0.25, 0.3) is 0 Å². The molecule has 0 aliphatic carbocycles. The fraction of sp³-hybridized carbons (Fsp3) is 0.595. The quantitative estimate of drug-likeness (QED) is 0.320. The van der Waals surface area contributed by atoms with Crippen LogP contribution in [0.5, 0.6) is 5.75 Å². The summed E-state index contributed by atoms with van der Waals surface area (Å²) >= 11 is 0. The Kier molecular flexibility index (Phi) is 10.1. The average Bonchev–Trinajstić information content (AvgIpc) is 3.65. The number of rotatable bonds is 13. The van der Waals surface area contributed by atoms with Crippen LogP contribution in [0.15, 0.2) is 42.5 Å². The number of nitrogens with zero attached hydrogens (tertiary/aromatic N) is 4. The Balaban J connectivity index is 1.43. The lowest BCUT2D eigenvalue weighted by atomic mass is 9.83. The summed E-state index contributed by atoms with van der Waals surface area (Å²) in [6.07, 6.45) is 3.65. The molecule has 46 heavy (non-hydrogen) atoms. The summed E-state index contributed by atoms with van der Waals surface area (Å²) in [7, 11) is 6.46. The van der Waals surface area contributed by atoms with Gasteiger partial charge in [-0.2, -0.15) is 0 Å². The minimum Gasteiger partial charge on any atom is -0.493 e. The number of carbonyl (C=O) groups excluding carboxylic acids is 2. The second-order valence-corrected chi connectivity index (χ2v) is 15.4. The van der Waals surface area contributed by atoms with Crippen molar-refractivity contribution in [3.63, 3.8) is 0 Å². The Morgan fingerprint density at radius 2 is 1.91 bits per heavy atom. The molecule has 1 unspecified atom stereocenters. The highest BCUT2D eigenvalue weighted by molar-refractivity contribution is 5.95. The number of fused-ring (bicyclic) bond motifs is 1. The van der Waals surface area contributed by atoms with Crippen molar-refractivity contribution in [3.05, 3.63) is 59.2 Å². The van der Waals surface area contributed by atoms with Crippen LogP contribution in [-0.2, 0) is 27.3 Å². The van der Waals surface area contributed by atoms with E-state index in [-0.39, 0.29) is 35.7 Å². The maximum absolute atomic E-state index is 14.3. The highest BCUT2D eigenvalue weighted by Gasteiger charge is 2.48. The van der Waals surface area contributed by atoms with Gasteiger partial charge in [0, 0.05) is 62.2 Å². The third-order valence-electron chi connectivity index (χ3n) is 9.73. The lowest BCUT2D eigenvalue weighted by Gasteiger charge is -2.31. The number of anilines is 1. The molecule has 2 aromatic carbocycles. The molecule has 3 atom stereocenters. The van der Waals surface area contributed by atoms with Crippen LogP contribution in [0.3, 0.4) is 0 Å². The number of aliphatic carboxylic acids is 1. The smallest absolute Gasteiger partial charge is 0.308 e. The average molecular weight is 634 g/mol. The molecule has 250 valence electrons. The number of unbranched alkanes of at least 4 members (excludes halogenated alkanes) is 1. The van der Waals surface area contributed by atoms with Gasteiger partial charge in [-0.1, -0.05) is 51.5 Å². The van der Waals surface area contributed by atoms with Gasteiger partial charge < -0.3 is 24.1 Å². The monoisotopic (exact) mass is 633 g/mol. The minimum atomic E-state index is -0.856. The zero-order chi connectivity index (χ0) is 33.2. The number of carboxylic acid groups (broad SMARTS) is 1. The fourth-order valence-electron chi connectivity index (χ4n) is 7.64. The SMILES string of the molecule is CCCCN(C(=O)CN1C[C@H](c2ccc3c(c2)CCO3)C(C(=O)O)[C@@H]1CCN1CC(C)(C)CC1=O)c1cccc(C[N+](C)(C)C)c1. The molecule has 0 radical (unpaired) electrons. The van der Waals surface area contributed by atoms with Gasteiger partial charge in [0.2, 0.25) is 11.8 Å². The molecule has 3 heterocycles. The third kappa shape index (κ3) is 7.92. The van der Waals surface area contributed by atoms with E-state index in [9.17, 15) is 19.5 Å². The predicted molar refractivity (Wildman–Crippen MR) is 180 cm³/mol. The summed E-state index contributed by atoms with van der Waals surface area (Å²) in [6.45, 7) is 10.1. The summed E-state index contributed by atoms with van der Waals surface area (Å²) < 4.78 is 6.51. The molecule has 1 N–H and O–H groups in total. The Morgan fingerprint density at radius 3 is 2.59 bits per heavy atom. The molecule has 2 aromatic rings. The largest absolute Gasteiger partial charge is 0.493 e. The van der Waals surface area contributed by atoms with Gasteiger partial charge in [-0.15, -0.1) is 0 Å². The molecule has 3 aliphatic heterocycles. The van der Waals surface area contributed by atoms with Gasteiger partial charge in [0.15, 0.2) is 0 Å². The molecule has 9 heteroatoms. The van der Waals surface area contributed by atoms with E-state index in [2.05, 4.69) is 65.0 Å². The van der Waals surface area contributed by atoms with Crippen LogP contribution in [0.4, 0.5) is 5.69 Å². The Morgan fingerprint density at radius 1 is 1.13 bits per heavy atom. The topological polar surface area (TPSA) is 90.4 Å². The lowest BCUT2D eigenvalue weighted by molar-refractivity contribution is -0.884. The van der Waals surface area contributed by atoms with E-state index in [4.69, 9.17) is 4.74 Å². The molecule has 2 amide bonds. The van der Waals surface area contributed by atoms with Crippen LogP contribution < -0.4 is 9.64 Å². The number of hydrogen-bond donors (Lipinski definition) is 1.